The lowest BCUT2D eigenvalue weighted by Crippen LogP contribution is -2.28. The molecular formula is C17H13Br2NO5. The highest BCUT2D eigenvalue weighted by molar-refractivity contribution is 9.11. The number of carbonyl (C=O) groups is 3. The first-order valence-corrected chi connectivity index (χ1v) is 8.52. The molecule has 0 fully saturated rings. The molecule has 0 amide bonds. The Bertz CT molecular complexity index is 827. The zero-order valence-corrected chi connectivity index (χ0v) is 16.5. The van der Waals surface area contributed by atoms with Gasteiger partial charge in [0, 0.05) is 20.7 Å². The van der Waals surface area contributed by atoms with Crippen LogP contribution < -0.4 is 4.90 Å². The van der Waals surface area contributed by atoms with Crippen molar-refractivity contribution in [1.82, 2.24) is 0 Å². The van der Waals surface area contributed by atoms with Crippen molar-refractivity contribution in [2.24, 2.45) is 0 Å². The molecule has 0 radical (unpaired) electrons. The molecule has 130 valence electrons. The van der Waals surface area contributed by atoms with Gasteiger partial charge in [-0.2, -0.15) is 0 Å². The second-order valence-corrected chi connectivity index (χ2v) is 6.53. The second-order valence-electron chi connectivity index (χ2n) is 4.76. The molecule has 0 atom stereocenters. The molecule has 2 rings (SSSR count). The first-order chi connectivity index (χ1) is 11.9. The Hall–Kier alpha value is -2.19. The summed E-state index contributed by atoms with van der Waals surface area (Å²) in [5.74, 6) is -1.45. The van der Waals surface area contributed by atoms with Gasteiger partial charge in [-0.3, -0.25) is 4.79 Å². The predicted molar refractivity (Wildman–Crippen MR) is 99.0 cm³/mol. The molecular weight excluding hydrogens is 458 g/mol. The number of nitrogens with zero attached hydrogens (tertiary/aromatic N) is 1. The highest BCUT2D eigenvalue weighted by Crippen LogP contribution is 2.37. The van der Waals surface area contributed by atoms with E-state index in [0.717, 1.165) is 0 Å². The number of halogens is 2. The fourth-order valence-electron chi connectivity index (χ4n) is 2.27. The molecule has 1 heterocycles. The molecule has 1 aliphatic heterocycles. The monoisotopic (exact) mass is 469 g/mol. The van der Waals surface area contributed by atoms with Gasteiger partial charge in [0.1, 0.15) is 5.70 Å². The highest BCUT2D eigenvalue weighted by atomic mass is 79.9. The van der Waals surface area contributed by atoms with Gasteiger partial charge in [-0.25, -0.2) is 9.59 Å². The quantitative estimate of drug-likeness (QED) is 0.495. The van der Waals surface area contributed by atoms with Crippen molar-refractivity contribution in [3.05, 3.63) is 62.3 Å². The van der Waals surface area contributed by atoms with Crippen LogP contribution in [0.4, 0.5) is 5.69 Å². The van der Waals surface area contributed by atoms with Crippen LogP contribution in [-0.2, 0) is 19.1 Å². The van der Waals surface area contributed by atoms with E-state index in [-0.39, 0.29) is 11.3 Å². The van der Waals surface area contributed by atoms with Crippen LogP contribution in [0.15, 0.2) is 56.8 Å². The summed E-state index contributed by atoms with van der Waals surface area (Å²) in [7, 11) is 2.42. The smallest absolute Gasteiger partial charge is 0.355 e. The van der Waals surface area contributed by atoms with Gasteiger partial charge >= 0.3 is 11.9 Å². The lowest BCUT2D eigenvalue weighted by atomic mass is 10.1. The SMILES string of the molecule is COC(=O)C1=C(C(=O)OC)N(c2c(Br)cc(Br)cc2C=O)C=CC=C1. The molecule has 25 heavy (non-hydrogen) atoms. The van der Waals surface area contributed by atoms with Crippen LogP contribution in [0, 0.1) is 0 Å². The largest absolute Gasteiger partial charge is 0.465 e. The van der Waals surface area contributed by atoms with Crippen LogP contribution in [0.2, 0.25) is 0 Å². The van der Waals surface area contributed by atoms with Gasteiger partial charge in [0.25, 0.3) is 0 Å². The summed E-state index contributed by atoms with van der Waals surface area (Å²) in [6, 6.07) is 3.33. The minimum Gasteiger partial charge on any atom is -0.465 e. The van der Waals surface area contributed by atoms with Gasteiger partial charge in [0.2, 0.25) is 0 Å². The fourth-order valence-corrected chi connectivity index (χ4v) is 3.72. The van der Waals surface area contributed by atoms with Crippen LogP contribution in [0.25, 0.3) is 0 Å². The first kappa shape index (κ1) is 19.1. The number of methoxy groups -OCH3 is 2. The highest BCUT2D eigenvalue weighted by Gasteiger charge is 2.29. The number of anilines is 1. The molecule has 1 aromatic carbocycles. The summed E-state index contributed by atoms with van der Waals surface area (Å²) in [6.45, 7) is 0. The van der Waals surface area contributed by atoms with Crippen molar-refractivity contribution in [1.29, 1.82) is 0 Å². The van der Waals surface area contributed by atoms with Crippen molar-refractivity contribution in [3.8, 4) is 0 Å². The van der Waals surface area contributed by atoms with E-state index in [0.29, 0.717) is 26.5 Å². The summed E-state index contributed by atoms with van der Waals surface area (Å²) in [5, 5.41) is 0. The van der Waals surface area contributed by atoms with E-state index in [2.05, 4.69) is 31.9 Å². The average Bonchev–Trinajstić information content (AvgIpc) is 2.82. The van der Waals surface area contributed by atoms with E-state index >= 15 is 0 Å². The predicted octanol–water partition coefficient (Wildman–Crippen LogP) is 3.51. The second kappa shape index (κ2) is 8.26. The molecule has 0 spiro atoms. The Kier molecular flexibility index (Phi) is 6.33. The average molecular weight is 471 g/mol. The number of aldehydes is 1. The van der Waals surface area contributed by atoms with Gasteiger partial charge in [-0.05, 0) is 40.2 Å². The lowest BCUT2D eigenvalue weighted by molar-refractivity contribution is -0.139. The van der Waals surface area contributed by atoms with Gasteiger partial charge in [-0.15, -0.1) is 0 Å². The van der Waals surface area contributed by atoms with Crippen LogP contribution in [0.1, 0.15) is 10.4 Å². The van der Waals surface area contributed by atoms with E-state index in [9.17, 15) is 14.4 Å². The number of carbonyl (C=O) groups excluding carboxylic acids is 3. The van der Waals surface area contributed by atoms with Gasteiger partial charge in [0.05, 0.1) is 25.5 Å². The van der Waals surface area contributed by atoms with Crippen molar-refractivity contribution in [2.45, 2.75) is 0 Å². The number of ether oxygens (including phenoxy) is 2. The van der Waals surface area contributed by atoms with Crippen molar-refractivity contribution >= 4 is 55.8 Å². The van der Waals surface area contributed by atoms with E-state index < -0.39 is 11.9 Å². The Morgan fingerprint density at radius 3 is 2.36 bits per heavy atom. The topological polar surface area (TPSA) is 72.9 Å². The normalized spacial score (nSPS) is 13.5. The van der Waals surface area contributed by atoms with Crippen LogP contribution in [0.5, 0.6) is 0 Å². The molecule has 1 aliphatic rings. The maximum Gasteiger partial charge on any atom is 0.355 e. The zero-order valence-electron chi connectivity index (χ0n) is 13.3. The summed E-state index contributed by atoms with van der Waals surface area (Å²) >= 11 is 6.71. The summed E-state index contributed by atoms with van der Waals surface area (Å²) < 4.78 is 10.8. The molecule has 0 aliphatic carbocycles. The molecule has 0 saturated carbocycles. The molecule has 1 aromatic rings. The lowest BCUT2D eigenvalue weighted by Gasteiger charge is -2.25. The number of allylic oxidation sites excluding steroid dienone is 2. The minimum atomic E-state index is -0.747. The molecule has 0 N–H and O–H groups in total. The number of rotatable bonds is 4. The van der Waals surface area contributed by atoms with Crippen molar-refractivity contribution in [3.63, 3.8) is 0 Å². The number of hydrogen-bond acceptors (Lipinski definition) is 6. The summed E-state index contributed by atoms with van der Waals surface area (Å²) in [5.41, 5.74) is 0.634. The third-order valence-corrected chi connectivity index (χ3v) is 4.38. The number of hydrogen-bond donors (Lipinski definition) is 0. The summed E-state index contributed by atoms with van der Waals surface area (Å²) in [4.78, 5) is 37.5. The van der Waals surface area contributed by atoms with Crippen LogP contribution in [-0.4, -0.2) is 32.4 Å². The van der Waals surface area contributed by atoms with Crippen molar-refractivity contribution in [2.75, 3.05) is 19.1 Å². The molecule has 0 bridgehead atoms. The van der Waals surface area contributed by atoms with Crippen LogP contribution >= 0.6 is 31.9 Å². The molecule has 8 heteroatoms. The number of esters is 2. The van der Waals surface area contributed by atoms with Crippen LogP contribution in [0.3, 0.4) is 0 Å². The fraction of sp³-hybridized carbons (Fsp3) is 0.118. The maximum absolute atomic E-state index is 12.4. The Labute approximate surface area is 161 Å². The third kappa shape index (κ3) is 3.91. The Morgan fingerprint density at radius 2 is 1.76 bits per heavy atom. The number of benzene rings is 1. The maximum atomic E-state index is 12.4. The Morgan fingerprint density at radius 1 is 1.08 bits per heavy atom. The van der Waals surface area contributed by atoms with E-state index in [1.165, 1.54) is 25.2 Å². The van der Waals surface area contributed by atoms with Gasteiger partial charge in [0.15, 0.2) is 6.29 Å². The standard InChI is InChI=1S/C17H13Br2NO5/c1-24-16(22)12-5-3-4-6-20(15(12)17(23)25-2)14-10(9-21)7-11(18)8-13(14)19/h3-9H,1-2H3. The van der Waals surface area contributed by atoms with Crippen molar-refractivity contribution < 1.29 is 23.9 Å². The molecule has 0 saturated heterocycles. The van der Waals surface area contributed by atoms with E-state index in [4.69, 9.17) is 9.47 Å². The molecule has 0 unspecified atom stereocenters. The van der Waals surface area contributed by atoms with Gasteiger partial charge < -0.3 is 14.4 Å². The summed E-state index contributed by atoms with van der Waals surface area (Å²) in [6.07, 6.45) is 6.87. The zero-order chi connectivity index (χ0) is 18.6. The van der Waals surface area contributed by atoms with E-state index in [1.807, 2.05) is 0 Å². The first-order valence-electron chi connectivity index (χ1n) is 6.93. The van der Waals surface area contributed by atoms with E-state index in [1.54, 1.807) is 30.5 Å². The third-order valence-electron chi connectivity index (χ3n) is 3.31. The Balaban J connectivity index is 2.80. The molecule has 0 aromatic heterocycles. The molecule has 6 nitrogen and oxygen atoms in total. The minimum absolute atomic E-state index is 0.00557. The van der Waals surface area contributed by atoms with Gasteiger partial charge in [-0.1, -0.05) is 22.0 Å².